The lowest BCUT2D eigenvalue weighted by molar-refractivity contribution is 0.199. The number of methoxy groups -OCH3 is 1. The third-order valence-electron chi connectivity index (χ3n) is 3.38. The molecule has 0 saturated heterocycles. The van der Waals surface area contributed by atoms with Crippen molar-refractivity contribution in [1.82, 2.24) is 10.2 Å². The molecule has 1 N–H and O–H groups in total. The Morgan fingerprint density at radius 1 is 1.29 bits per heavy atom. The lowest BCUT2D eigenvalue weighted by Gasteiger charge is -2.18. The lowest BCUT2D eigenvalue weighted by Crippen LogP contribution is -2.25. The van der Waals surface area contributed by atoms with E-state index in [2.05, 4.69) is 58.2 Å². The van der Waals surface area contributed by atoms with Gasteiger partial charge in [0.25, 0.3) is 0 Å². The summed E-state index contributed by atoms with van der Waals surface area (Å²) in [7, 11) is 1.73. The molecular weight excluding hydrogens is 348 g/mol. The summed E-state index contributed by atoms with van der Waals surface area (Å²) in [5.74, 6) is 1.13. The summed E-state index contributed by atoms with van der Waals surface area (Å²) in [6.45, 7) is 10.4. The zero-order valence-electron chi connectivity index (χ0n) is 13.3. The van der Waals surface area contributed by atoms with Crippen LogP contribution in [0.3, 0.4) is 0 Å². The van der Waals surface area contributed by atoms with Crippen molar-refractivity contribution in [1.29, 1.82) is 0 Å². The van der Waals surface area contributed by atoms with Crippen LogP contribution in [0.25, 0.3) is 0 Å². The van der Waals surface area contributed by atoms with Gasteiger partial charge in [-0.2, -0.15) is 0 Å². The highest BCUT2D eigenvalue weighted by Gasteiger charge is 2.05. The van der Waals surface area contributed by atoms with E-state index in [1.54, 1.807) is 7.11 Å². The van der Waals surface area contributed by atoms with Crippen LogP contribution in [0.5, 0.6) is 0 Å². The van der Waals surface area contributed by atoms with Crippen molar-refractivity contribution in [2.24, 2.45) is 0 Å². The number of benzene rings is 1. The molecule has 0 aliphatic rings. The Bertz CT molecular complexity index is 400. The Morgan fingerprint density at radius 2 is 2.05 bits per heavy atom. The summed E-state index contributed by atoms with van der Waals surface area (Å²) >= 11 is 5.51. The number of hydrogen-bond acceptors (Lipinski definition) is 4. The Hall–Kier alpha value is -0.0700. The predicted octanol–water partition coefficient (Wildman–Crippen LogP) is 3.62. The number of nitrogens with one attached hydrogen (secondary N) is 1. The molecular formula is C16H27BrN2OS. The molecule has 21 heavy (non-hydrogen) atoms. The summed E-state index contributed by atoms with van der Waals surface area (Å²) in [6, 6.07) is 6.54. The molecule has 0 unspecified atom stereocenters. The van der Waals surface area contributed by atoms with E-state index >= 15 is 0 Å². The number of rotatable bonds is 11. The highest BCUT2D eigenvalue weighted by molar-refractivity contribution is 9.10. The third-order valence-corrected chi connectivity index (χ3v) is 4.97. The van der Waals surface area contributed by atoms with Crippen molar-refractivity contribution in [2.45, 2.75) is 25.3 Å². The molecule has 0 aliphatic heterocycles. The molecule has 0 radical (unpaired) electrons. The fourth-order valence-electron chi connectivity index (χ4n) is 2.05. The summed E-state index contributed by atoms with van der Waals surface area (Å²) in [6.07, 6.45) is 0. The van der Waals surface area contributed by atoms with Gasteiger partial charge < -0.3 is 15.0 Å². The number of thioether (sulfide) groups is 1. The molecule has 0 aromatic heterocycles. The first-order valence-corrected chi connectivity index (χ1v) is 9.32. The summed E-state index contributed by atoms with van der Waals surface area (Å²) < 4.78 is 6.21. The molecule has 0 atom stereocenters. The van der Waals surface area contributed by atoms with Crippen molar-refractivity contribution in [3.63, 3.8) is 0 Å². The maximum absolute atomic E-state index is 5.07. The van der Waals surface area contributed by atoms with Gasteiger partial charge in [-0.05, 0) is 36.9 Å². The van der Waals surface area contributed by atoms with Crippen molar-refractivity contribution in [3.8, 4) is 0 Å². The van der Waals surface area contributed by atoms with E-state index in [4.69, 9.17) is 4.74 Å². The zero-order chi connectivity index (χ0) is 15.5. The monoisotopic (exact) mass is 374 g/mol. The van der Waals surface area contributed by atoms with Crippen LogP contribution in [-0.4, -0.2) is 50.5 Å². The highest BCUT2D eigenvalue weighted by atomic mass is 79.9. The molecule has 1 aromatic carbocycles. The zero-order valence-corrected chi connectivity index (χ0v) is 15.7. The van der Waals surface area contributed by atoms with Crippen molar-refractivity contribution >= 4 is 27.7 Å². The van der Waals surface area contributed by atoms with Gasteiger partial charge in [-0.1, -0.05) is 29.8 Å². The first-order chi connectivity index (χ1) is 10.2. The summed E-state index contributed by atoms with van der Waals surface area (Å²) in [5, 5.41) is 3.42. The van der Waals surface area contributed by atoms with E-state index in [-0.39, 0.29) is 0 Å². The molecule has 1 aromatic rings. The Labute approximate surface area is 141 Å². The van der Waals surface area contributed by atoms with Crippen molar-refractivity contribution in [3.05, 3.63) is 28.2 Å². The molecule has 5 heteroatoms. The predicted molar refractivity (Wildman–Crippen MR) is 96.2 cm³/mol. The molecule has 0 amide bonds. The van der Waals surface area contributed by atoms with Crippen LogP contribution in [0, 0.1) is 0 Å². The SMILES string of the molecule is CCN(CC)CCSc1ccc(Br)cc1CNCCOC. The van der Waals surface area contributed by atoms with Gasteiger partial charge in [-0.25, -0.2) is 0 Å². The fraction of sp³-hybridized carbons (Fsp3) is 0.625. The van der Waals surface area contributed by atoms with Gasteiger partial charge in [0, 0.05) is 41.9 Å². The van der Waals surface area contributed by atoms with Gasteiger partial charge in [-0.3, -0.25) is 0 Å². The number of ether oxygens (including phenoxy) is 1. The molecule has 0 aliphatic carbocycles. The molecule has 0 bridgehead atoms. The van der Waals surface area contributed by atoms with Crippen LogP contribution < -0.4 is 5.32 Å². The van der Waals surface area contributed by atoms with E-state index in [0.717, 1.165) is 49.6 Å². The highest BCUT2D eigenvalue weighted by Crippen LogP contribution is 2.26. The van der Waals surface area contributed by atoms with E-state index in [1.165, 1.54) is 10.5 Å². The van der Waals surface area contributed by atoms with Crippen molar-refractivity contribution < 1.29 is 4.74 Å². The lowest BCUT2D eigenvalue weighted by atomic mass is 10.2. The molecule has 1 rings (SSSR count). The molecule has 0 saturated carbocycles. The van der Waals surface area contributed by atoms with Gasteiger partial charge in [0.05, 0.1) is 6.61 Å². The molecule has 120 valence electrons. The van der Waals surface area contributed by atoms with Gasteiger partial charge in [-0.15, -0.1) is 11.8 Å². The average molecular weight is 375 g/mol. The normalized spacial score (nSPS) is 11.3. The van der Waals surface area contributed by atoms with Gasteiger partial charge in [0.1, 0.15) is 0 Å². The summed E-state index contributed by atoms with van der Waals surface area (Å²) in [5.41, 5.74) is 1.35. The average Bonchev–Trinajstić information content (AvgIpc) is 2.50. The Balaban J connectivity index is 2.51. The first kappa shape index (κ1) is 19.0. The fourth-order valence-corrected chi connectivity index (χ4v) is 3.51. The second-order valence-electron chi connectivity index (χ2n) is 4.80. The van der Waals surface area contributed by atoms with Gasteiger partial charge in [0.2, 0.25) is 0 Å². The van der Waals surface area contributed by atoms with E-state index in [0.29, 0.717) is 0 Å². The van der Waals surface area contributed by atoms with Crippen LogP contribution in [-0.2, 0) is 11.3 Å². The molecule has 0 heterocycles. The van der Waals surface area contributed by atoms with Crippen LogP contribution in [0.15, 0.2) is 27.6 Å². The second kappa shape index (κ2) is 11.5. The minimum absolute atomic E-state index is 0.748. The van der Waals surface area contributed by atoms with Crippen LogP contribution in [0.2, 0.25) is 0 Å². The quantitative estimate of drug-likeness (QED) is 0.472. The van der Waals surface area contributed by atoms with Crippen LogP contribution in [0.1, 0.15) is 19.4 Å². The van der Waals surface area contributed by atoms with E-state index in [1.807, 2.05) is 11.8 Å². The first-order valence-electron chi connectivity index (χ1n) is 7.54. The van der Waals surface area contributed by atoms with E-state index < -0.39 is 0 Å². The van der Waals surface area contributed by atoms with Gasteiger partial charge in [0.15, 0.2) is 0 Å². The van der Waals surface area contributed by atoms with Crippen LogP contribution in [0.4, 0.5) is 0 Å². The number of nitrogens with zero attached hydrogens (tertiary/aromatic N) is 1. The Morgan fingerprint density at radius 3 is 2.71 bits per heavy atom. The number of halogens is 1. The maximum atomic E-state index is 5.07. The van der Waals surface area contributed by atoms with Gasteiger partial charge >= 0.3 is 0 Å². The standard InChI is InChI=1S/C16H27BrN2OS/c1-4-19(5-2)9-11-21-16-7-6-15(17)12-14(16)13-18-8-10-20-3/h6-7,12,18H,4-5,8-11,13H2,1-3H3. The second-order valence-corrected chi connectivity index (χ2v) is 6.85. The van der Waals surface area contributed by atoms with Crippen molar-refractivity contribution in [2.75, 3.05) is 45.6 Å². The summed E-state index contributed by atoms with van der Waals surface area (Å²) in [4.78, 5) is 3.83. The minimum atomic E-state index is 0.748. The third kappa shape index (κ3) is 7.66. The largest absolute Gasteiger partial charge is 0.383 e. The topological polar surface area (TPSA) is 24.5 Å². The van der Waals surface area contributed by atoms with E-state index in [9.17, 15) is 0 Å². The Kier molecular flexibility index (Phi) is 10.4. The van der Waals surface area contributed by atoms with Crippen LogP contribution >= 0.6 is 27.7 Å². The molecule has 0 fully saturated rings. The minimum Gasteiger partial charge on any atom is -0.383 e. The number of hydrogen-bond donors (Lipinski definition) is 1. The molecule has 0 spiro atoms. The molecule has 3 nitrogen and oxygen atoms in total. The maximum Gasteiger partial charge on any atom is 0.0587 e. The smallest absolute Gasteiger partial charge is 0.0587 e.